The molecule has 0 aromatic carbocycles. The van der Waals surface area contributed by atoms with Gasteiger partial charge in [-0.15, -0.1) is 0 Å². The van der Waals surface area contributed by atoms with Crippen LogP contribution < -0.4 is 0 Å². The Hall–Kier alpha value is -0.0151. The molecule has 2 saturated heterocycles. The van der Waals surface area contributed by atoms with Crippen molar-refractivity contribution < 1.29 is 4.74 Å². The van der Waals surface area contributed by atoms with Crippen LogP contribution in [0.25, 0.3) is 0 Å². The molecule has 17 heavy (non-hydrogen) atoms. The molecule has 2 aliphatic heterocycles. The Balaban J connectivity index is 1.83. The summed E-state index contributed by atoms with van der Waals surface area (Å²) in [7, 11) is 6.14. The van der Waals surface area contributed by atoms with Gasteiger partial charge in [0, 0.05) is 6.04 Å². The summed E-state index contributed by atoms with van der Waals surface area (Å²) in [6.45, 7) is 7.82. The average Bonchev–Trinajstić information content (AvgIpc) is 2.24. The second-order valence-electron chi connectivity index (χ2n) is 6.61. The van der Waals surface area contributed by atoms with Crippen molar-refractivity contribution in [2.75, 3.05) is 19.8 Å². The van der Waals surface area contributed by atoms with Gasteiger partial charge in [0.25, 0.3) is 0 Å². The van der Waals surface area contributed by atoms with E-state index in [9.17, 15) is 0 Å². The van der Waals surface area contributed by atoms with Gasteiger partial charge in [-0.25, -0.2) is 0 Å². The maximum Gasteiger partial charge on any atom is 0.0711 e. The maximum absolute atomic E-state index is 6.14. The molecule has 0 aromatic rings. The molecule has 1 spiro atoms. The number of ether oxygens (including phenoxy) is 1. The van der Waals surface area contributed by atoms with E-state index in [0.717, 1.165) is 25.0 Å². The van der Waals surface area contributed by atoms with E-state index < -0.39 is 0 Å². The first-order chi connectivity index (χ1) is 8.13. The van der Waals surface area contributed by atoms with Crippen molar-refractivity contribution in [1.29, 1.82) is 0 Å². The number of rotatable bonds is 1. The highest BCUT2D eigenvalue weighted by molar-refractivity contribution is 6.11. The summed E-state index contributed by atoms with van der Waals surface area (Å²) in [6, 6.07) is 0.649. The van der Waals surface area contributed by atoms with Crippen molar-refractivity contribution in [3.63, 3.8) is 0 Å². The van der Waals surface area contributed by atoms with Crippen LogP contribution in [0.1, 0.15) is 39.5 Å². The minimum absolute atomic E-state index is 0.372. The van der Waals surface area contributed by atoms with Gasteiger partial charge in [0.15, 0.2) is 0 Å². The molecule has 1 aliphatic carbocycles. The maximum atomic E-state index is 6.14. The normalized spacial score (nSPS) is 41.2. The molecule has 3 unspecified atom stereocenters. The third-order valence-corrected chi connectivity index (χ3v) is 5.35. The zero-order chi connectivity index (χ0) is 12.0. The molecule has 2 radical (unpaired) electrons. The molecule has 2 heterocycles. The first kappa shape index (κ1) is 12.0. The standard InChI is InChI=1S/C14H24BNO/c1-10(2)16-6-5-11-7-12(15)3-4-13(11)14(16)8-17-9-14/h10-13H,3-9H2,1-2H3. The predicted molar refractivity (Wildman–Crippen MR) is 70.3 cm³/mol. The quantitative estimate of drug-likeness (QED) is 0.644. The first-order valence-electron chi connectivity index (χ1n) is 7.23. The fraction of sp³-hybridized carbons (Fsp3) is 1.00. The van der Waals surface area contributed by atoms with Gasteiger partial charge in [0.05, 0.1) is 26.6 Å². The zero-order valence-corrected chi connectivity index (χ0v) is 11.2. The van der Waals surface area contributed by atoms with Crippen LogP contribution in [0.2, 0.25) is 5.82 Å². The summed E-state index contributed by atoms with van der Waals surface area (Å²) in [5.74, 6) is 2.16. The van der Waals surface area contributed by atoms with E-state index in [0.29, 0.717) is 17.4 Å². The van der Waals surface area contributed by atoms with Crippen molar-refractivity contribution in [2.45, 2.75) is 56.9 Å². The summed E-state index contributed by atoms with van der Waals surface area (Å²) in [4.78, 5) is 2.72. The van der Waals surface area contributed by atoms with E-state index >= 15 is 0 Å². The van der Waals surface area contributed by atoms with Gasteiger partial charge in [0.2, 0.25) is 0 Å². The molecule has 0 N–H and O–H groups in total. The lowest BCUT2D eigenvalue weighted by atomic mass is 9.57. The minimum Gasteiger partial charge on any atom is -0.377 e. The van der Waals surface area contributed by atoms with E-state index in [-0.39, 0.29) is 0 Å². The van der Waals surface area contributed by atoms with Crippen LogP contribution in [0.15, 0.2) is 0 Å². The molecule has 0 amide bonds. The fourth-order valence-electron chi connectivity index (χ4n) is 4.53. The summed E-state index contributed by atoms with van der Waals surface area (Å²) in [5, 5.41) is 0. The zero-order valence-electron chi connectivity index (χ0n) is 11.2. The molecule has 0 aromatic heterocycles. The van der Waals surface area contributed by atoms with E-state index in [1.807, 2.05) is 0 Å². The van der Waals surface area contributed by atoms with Gasteiger partial charge >= 0.3 is 0 Å². The average molecular weight is 233 g/mol. The van der Waals surface area contributed by atoms with Crippen molar-refractivity contribution in [2.24, 2.45) is 11.8 Å². The third kappa shape index (κ3) is 1.77. The molecule has 2 nitrogen and oxygen atoms in total. The van der Waals surface area contributed by atoms with E-state index in [4.69, 9.17) is 12.6 Å². The SMILES string of the molecule is [B]C1CCC2C(CCN(C(C)C)C23COC3)C1. The Morgan fingerprint density at radius 2 is 2.00 bits per heavy atom. The number of fused-ring (bicyclic) bond motifs is 2. The van der Waals surface area contributed by atoms with Crippen molar-refractivity contribution in [3.8, 4) is 0 Å². The highest BCUT2D eigenvalue weighted by Crippen LogP contribution is 2.51. The van der Waals surface area contributed by atoms with E-state index in [1.54, 1.807) is 0 Å². The Labute approximate surface area is 106 Å². The Bertz CT molecular complexity index is 290. The second-order valence-corrected chi connectivity index (χ2v) is 6.61. The number of likely N-dealkylation sites (tertiary alicyclic amines) is 1. The van der Waals surface area contributed by atoms with Crippen molar-refractivity contribution in [1.82, 2.24) is 4.90 Å². The molecule has 3 aliphatic rings. The highest BCUT2D eigenvalue weighted by atomic mass is 16.5. The second kappa shape index (κ2) is 4.27. The lowest BCUT2D eigenvalue weighted by Crippen LogP contribution is -2.72. The Morgan fingerprint density at radius 1 is 1.24 bits per heavy atom. The predicted octanol–water partition coefficient (Wildman–Crippen LogP) is 2.24. The Morgan fingerprint density at radius 3 is 2.59 bits per heavy atom. The molecular weight excluding hydrogens is 209 g/mol. The van der Waals surface area contributed by atoms with Gasteiger partial charge in [-0.3, -0.25) is 4.90 Å². The lowest BCUT2D eigenvalue weighted by Gasteiger charge is -2.62. The van der Waals surface area contributed by atoms with E-state index in [2.05, 4.69) is 18.7 Å². The van der Waals surface area contributed by atoms with Crippen LogP contribution in [0.5, 0.6) is 0 Å². The molecule has 3 rings (SSSR count). The lowest BCUT2D eigenvalue weighted by molar-refractivity contribution is -0.212. The topological polar surface area (TPSA) is 12.5 Å². The summed E-state index contributed by atoms with van der Waals surface area (Å²) >= 11 is 0. The molecule has 3 atom stereocenters. The summed E-state index contributed by atoms with van der Waals surface area (Å²) in [5.41, 5.74) is 0.372. The first-order valence-corrected chi connectivity index (χ1v) is 7.23. The number of hydrogen-bond acceptors (Lipinski definition) is 2. The smallest absolute Gasteiger partial charge is 0.0711 e. The molecule has 3 heteroatoms. The van der Waals surface area contributed by atoms with E-state index in [1.165, 1.54) is 32.2 Å². The van der Waals surface area contributed by atoms with Crippen LogP contribution >= 0.6 is 0 Å². The number of piperidine rings is 1. The molecule has 1 saturated carbocycles. The fourth-order valence-corrected chi connectivity index (χ4v) is 4.53. The molecule has 94 valence electrons. The van der Waals surface area contributed by atoms with Crippen molar-refractivity contribution >= 4 is 7.85 Å². The molecule has 0 bridgehead atoms. The van der Waals surface area contributed by atoms with Crippen LogP contribution in [0.3, 0.4) is 0 Å². The van der Waals surface area contributed by atoms with Gasteiger partial charge in [-0.05, 0) is 45.1 Å². The molecule has 3 fully saturated rings. The monoisotopic (exact) mass is 233 g/mol. The number of hydrogen-bond donors (Lipinski definition) is 0. The highest BCUT2D eigenvalue weighted by Gasteiger charge is 2.56. The third-order valence-electron chi connectivity index (χ3n) is 5.35. The number of nitrogens with zero attached hydrogens (tertiary/aromatic N) is 1. The van der Waals surface area contributed by atoms with Crippen molar-refractivity contribution in [3.05, 3.63) is 0 Å². The summed E-state index contributed by atoms with van der Waals surface area (Å²) < 4.78 is 5.60. The van der Waals surface area contributed by atoms with Gasteiger partial charge < -0.3 is 4.74 Å². The Kier molecular flexibility index (Phi) is 3.03. The van der Waals surface area contributed by atoms with Crippen LogP contribution in [-0.4, -0.2) is 44.1 Å². The van der Waals surface area contributed by atoms with Gasteiger partial charge in [-0.1, -0.05) is 18.7 Å². The minimum atomic E-state index is 0.372. The van der Waals surface area contributed by atoms with Crippen LogP contribution in [0, 0.1) is 11.8 Å². The van der Waals surface area contributed by atoms with Crippen LogP contribution in [-0.2, 0) is 4.74 Å². The molecular formula is C14H24BNO. The largest absolute Gasteiger partial charge is 0.377 e. The summed E-state index contributed by atoms with van der Waals surface area (Å²) in [6.07, 6.45) is 5.13. The van der Waals surface area contributed by atoms with Crippen LogP contribution in [0.4, 0.5) is 0 Å². The van der Waals surface area contributed by atoms with Gasteiger partial charge in [-0.2, -0.15) is 0 Å². The van der Waals surface area contributed by atoms with Gasteiger partial charge in [0.1, 0.15) is 0 Å².